The number of nitrogens with one attached hydrogen (secondary N) is 1. The number of carbonyl (C=O) groups excluding carboxylic acids is 3. The summed E-state index contributed by atoms with van der Waals surface area (Å²) in [5, 5.41) is 3.36. The number of amides is 1. The lowest BCUT2D eigenvalue weighted by Gasteiger charge is -2.42. The average Bonchev–Trinajstić information content (AvgIpc) is 2.91. The number of hydrogen-bond acceptors (Lipinski definition) is 6. The van der Waals surface area contributed by atoms with Crippen LogP contribution < -0.4 is 14.8 Å². The van der Waals surface area contributed by atoms with Crippen LogP contribution in [0.3, 0.4) is 0 Å². The Morgan fingerprint density at radius 1 is 1.00 bits per heavy atom. The van der Waals surface area contributed by atoms with Gasteiger partial charge in [0.05, 0.1) is 11.1 Å². The Morgan fingerprint density at radius 3 is 2.21 bits per heavy atom. The van der Waals surface area contributed by atoms with Gasteiger partial charge in [-0.05, 0) is 90.5 Å². The molecule has 2 aromatic carbocycles. The van der Waals surface area contributed by atoms with Crippen LogP contribution in [0.1, 0.15) is 56.9 Å². The molecule has 0 aromatic heterocycles. The van der Waals surface area contributed by atoms with Crippen LogP contribution in [0.4, 0.5) is 5.69 Å². The molecule has 0 fully saturated rings. The quantitative estimate of drug-likeness (QED) is 0.381. The number of rotatable bonds is 7. The van der Waals surface area contributed by atoms with E-state index in [2.05, 4.69) is 26.1 Å². The number of anilines is 1. The predicted octanol–water partition coefficient (Wildman–Crippen LogP) is 6.56. The zero-order chi connectivity index (χ0) is 27.7. The number of allylic oxidation sites excluding steroid dienone is 4. The van der Waals surface area contributed by atoms with E-state index in [4.69, 9.17) is 21.1 Å². The first kappa shape index (κ1) is 27.5. The number of ketones is 2. The number of nitrogens with zero attached hydrogens (tertiary/aromatic N) is 1. The van der Waals surface area contributed by atoms with Crippen molar-refractivity contribution in [3.63, 3.8) is 0 Å². The van der Waals surface area contributed by atoms with Crippen molar-refractivity contribution in [3.8, 4) is 11.5 Å². The molecule has 2 aromatic rings. The summed E-state index contributed by atoms with van der Waals surface area (Å²) in [6.45, 7) is 2.00. The van der Waals surface area contributed by atoms with Crippen molar-refractivity contribution in [2.75, 3.05) is 25.6 Å². The fourth-order valence-corrected chi connectivity index (χ4v) is 6.41. The van der Waals surface area contributed by atoms with Crippen LogP contribution in [0.25, 0.3) is 0 Å². The summed E-state index contributed by atoms with van der Waals surface area (Å²) in [6, 6.07) is 10.5. The second kappa shape index (κ2) is 11.6. The van der Waals surface area contributed by atoms with E-state index in [1.54, 1.807) is 24.3 Å². The van der Waals surface area contributed by atoms with Crippen molar-refractivity contribution in [2.24, 2.45) is 0 Å². The maximum Gasteiger partial charge on any atom is 0.262 e. The minimum Gasteiger partial charge on any atom is -0.490 e. The third-order valence-corrected chi connectivity index (χ3v) is 8.23. The van der Waals surface area contributed by atoms with Gasteiger partial charge in [0.1, 0.15) is 0 Å². The Bertz CT molecular complexity index is 1350. The van der Waals surface area contributed by atoms with Gasteiger partial charge in [0.25, 0.3) is 5.91 Å². The molecule has 0 bridgehead atoms. The Balaban J connectivity index is 1.49. The topological polar surface area (TPSA) is 84.9 Å². The highest BCUT2D eigenvalue weighted by molar-refractivity contribution is 9.10. The van der Waals surface area contributed by atoms with E-state index in [1.165, 1.54) is 0 Å². The van der Waals surface area contributed by atoms with Crippen LogP contribution in [-0.4, -0.2) is 42.6 Å². The van der Waals surface area contributed by atoms with Gasteiger partial charge in [-0.3, -0.25) is 14.4 Å². The summed E-state index contributed by atoms with van der Waals surface area (Å²) >= 11 is 9.53. The highest BCUT2D eigenvalue weighted by atomic mass is 79.9. The normalized spacial score (nSPS) is 17.7. The van der Waals surface area contributed by atoms with Crippen LogP contribution in [0, 0.1) is 0 Å². The van der Waals surface area contributed by atoms with E-state index in [0.29, 0.717) is 57.3 Å². The molecule has 1 heterocycles. The summed E-state index contributed by atoms with van der Waals surface area (Å²) in [4.78, 5) is 41.3. The van der Waals surface area contributed by atoms with Gasteiger partial charge in [-0.2, -0.15) is 0 Å². The molecule has 39 heavy (non-hydrogen) atoms. The van der Waals surface area contributed by atoms with Crippen molar-refractivity contribution in [3.05, 3.63) is 74.0 Å². The molecule has 0 atom stereocenters. The van der Waals surface area contributed by atoms with Gasteiger partial charge < -0.3 is 19.7 Å². The molecular formula is C30H30BrClN2O5. The van der Waals surface area contributed by atoms with E-state index >= 15 is 0 Å². The first-order valence-corrected chi connectivity index (χ1v) is 14.4. The van der Waals surface area contributed by atoms with E-state index in [1.807, 2.05) is 26.1 Å². The average molecular weight is 614 g/mol. The standard InChI is InChI=1S/C30H30BrClN2O5/c1-3-38-25-15-17(14-20(31)30(25)39-16-26(37)33-19-12-10-18(32)11-13-19)27-28-21(6-4-8-23(28)35)34(2)22-7-5-9-24(36)29(22)27/h10-15,27H,3-9,16H2,1-2H3,(H,33,37). The predicted molar refractivity (Wildman–Crippen MR) is 153 cm³/mol. The summed E-state index contributed by atoms with van der Waals surface area (Å²) in [7, 11) is 1.98. The monoisotopic (exact) mass is 612 g/mol. The molecule has 0 radical (unpaired) electrons. The highest BCUT2D eigenvalue weighted by Gasteiger charge is 2.42. The molecule has 1 aliphatic heterocycles. The largest absolute Gasteiger partial charge is 0.490 e. The maximum absolute atomic E-state index is 13.3. The number of hydrogen-bond donors (Lipinski definition) is 1. The second-order valence-electron chi connectivity index (χ2n) is 9.87. The molecule has 0 spiro atoms. The lowest BCUT2D eigenvalue weighted by Crippen LogP contribution is -2.37. The van der Waals surface area contributed by atoms with Gasteiger partial charge in [0, 0.05) is 59.1 Å². The van der Waals surface area contributed by atoms with Crippen molar-refractivity contribution >= 4 is 50.7 Å². The molecule has 0 unspecified atom stereocenters. The SMILES string of the molecule is CCOc1cc(C2C3=C(CCCC3=O)N(C)C3=C2C(=O)CCC3)cc(Br)c1OCC(=O)Nc1ccc(Cl)cc1. The Morgan fingerprint density at radius 2 is 1.62 bits per heavy atom. The van der Waals surface area contributed by atoms with Crippen LogP contribution in [0.2, 0.25) is 5.02 Å². The first-order chi connectivity index (χ1) is 18.8. The lowest BCUT2D eigenvalue weighted by atomic mass is 9.71. The van der Waals surface area contributed by atoms with Crippen molar-refractivity contribution in [1.82, 2.24) is 4.90 Å². The molecule has 1 amide bonds. The minimum atomic E-state index is -0.454. The smallest absolute Gasteiger partial charge is 0.262 e. The van der Waals surface area contributed by atoms with Gasteiger partial charge in [-0.15, -0.1) is 0 Å². The van der Waals surface area contributed by atoms with Crippen LogP contribution in [0.5, 0.6) is 11.5 Å². The summed E-state index contributed by atoms with van der Waals surface area (Å²) < 4.78 is 12.4. The molecule has 0 saturated carbocycles. The third kappa shape index (κ3) is 5.50. The Hall–Kier alpha value is -3.10. The Kier molecular flexibility index (Phi) is 8.14. The zero-order valence-corrected chi connectivity index (χ0v) is 24.3. The molecule has 2 aliphatic carbocycles. The molecule has 204 valence electrons. The molecular weight excluding hydrogens is 584 g/mol. The molecule has 5 rings (SSSR count). The van der Waals surface area contributed by atoms with E-state index in [0.717, 1.165) is 42.6 Å². The first-order valence-electron chi connectivity index (χ1n) is 13.2. The van der Waals surface area contributed by atoms with Gasteiger partial charge in [0.15, 0.2) is 29.7 Å². The number of carbonyl (C=O) groups is 3. The second-order valence-corrected chi connectivity index (χ2v) is 11.2. The van der Waals surface area contributed by atoms with Crippen LogP contribution in [-0.2, 0) is 14.4 Å². The Labute approximate surface area is 241 Å². The fraction of sp³-hybridized carbons (Fsp3) is 0.367. The van der Waals surface area contributed by atoms with E-state index < -0.39 is 5.92 Å². The highest BCUT2D eigenvalue weighted by Crippen LogP contribution is 2.50. The van der Waals surface area contributed by atoms with Crippen molar-refractivity contribution in [1.29, 1.82) is 0 Å². The summed E-state index contributed by atoms with van der Waals surface area (Å²) in [6.07, 6.45) is 4.19. The van der Waals surface area contributed by atoms with Gasteiger partial charge in [-0.1, -0.05) is 11.6 Å². The van der Waals surface area contributed by atoms with Gasteiger partial charge >= 0.3 is 0 Å². The summed E-state index contributed by atoms with van der Waals surface area (Å²) in [5.74, 6) is 0.211. The van der Waals surface area contributed by atoms with E-state index in [9.17, 15) is 14.4 Å². The number of Topliss-reactive ketones (excluding diaryl/α,β-unsaturated/α-hetero) is 2. The van der Waals surface area contributed by atoms with E-state index in [-0.39, 0.29) is 24.1 Å². The molecule has 0 saturated heterocycles. The number of benzene rings is 2. The number of ether oxygens (including phenoxy) is 2. The van der Waals surface area contributed by atoms with Crippen molar-refractivity contribution in [2.45, 2.75) is 51.4 Å². The van der Waals surface area contributed by atoms with Gasteiger partial charge in [-0.25, -0.2) is 0 Å². The van der Waals surface area contributed by atoms with Gasteiger partial charge in [0.2, 0.25) is 0 Å². The fourth-order valence-electron chi connectivity index (χ4n) is 5.71. The third-order valence-electron chi connectivity index (χ3n) is 7.39. The molecule has 1 N–H and O–H groups in total. The van der Waals surface area contributed by atoms with Crippen LogP contribution >= 0.6 is 27.5 Å². The van der Waals surface area contributed by atoms with Crippen LogP contribution in [0.15, 0.2) is 63.4 Å². The lowest BCUT2D eigenvalue weighted by molar-refractivity contribution is -0.118. The molecule has 7 nitrogen and oxygen atoms in total. The zero-order valence-electron chi connectivity index (χ0n) is 21.9. The molecule has 9 heteroatoms. The van der Waals surface area contributed by atoms with Crippen molar-refractivity contribution < 1.29 is 23.9 Å². The number of halogens is 2. The summed E-state index contributed by atoms with van der Waals surface area (Å²) in [5.41, 5.74) is 4.85. The molecule has 3 aliphatic rings. The minimum absolute atomic E-state index is 0.0892. The maximum atomic E-state index is 13.3.